The van der Waals surface area contributed by atoms with Gasteiger partial charge in [-0.2, -0.15) is 0 Å². The minimum atomic E-state index is -0.115. The molecule has 0 atom stereocenters. The highest BCUT2D eigenvalue weighted by Crippen LogP contribution is 2.27. The van der Waals surface area contributed by atoms with Crippen LogP contribution in [0, 0.1) is 0 Å². The second-order valence-corrected chi connectivity index (χ2v) is 4.72. The number of nitrogens with two attached hydrogens (primary N) is 1. The second kappa shape index (κ2) is 6.30. The maximum atomic E-state index is 11.9. The molecule has 0 saturated heterocycles. The molecule has 0 saturated carbocycles. The van der Waals surface area contributed by atoms with E-state index in [1.165, 1.54) is 0 Å². The summed E-state index contributed by atoms with van der Waals surface area (Å²) >= 11 is 6.00. The van der Waals surface area contributed by atoms with Crippen molar-refractivity contribution in [3.8, 4) is 5.75 Å². The van der Waals surface area contributed by atoms with Gasteiger partial charge in [0.25, 0.3) is 0 Å². The Morgan fingerprint density at radius 3 is 2.55 bits per heavy atom. The third-order valence-electron chi connectivity index (χ3n) is 2.78. The number of nitrogens with one attached hydrogen (secondary N) is 1. The number of carbonyl (C=O) groups excluding carboxylic acids is 1. The SMILES string of the molecule is COc1ccc(NC(=O)Cc2ccc(N)cc2)cc1Cl. The maximum absolute atomic E-state index is 11.9. The van der Waals surface area contributed by atoms with Crippen molar-refractivity contribution < 1.29 is 9.53 Å². The zero-order valence-electron chi connectivity index (χ0n) is 11.0. The summed E-state index contributed by atoms with van der Waals surface area (Å²) in [4.78, 5) is 11.9. The number of hydrogen-bond donors (Lipinski definition) is 2. The van der Waals surface area contributed by atoms with Crippen molar-refractivity contribution >= 4 is 28.9 Å². The molecule has 0 aliphatic heterocycles. The van der Waals surface area contributed by atoms with Gasteiger partial charge in [0.15, 0.2) is 0 Å². The van der Waals surface area contributed by atoms with E-state index in [0.717, 1.165) is 5.56 Å². The number of anilines is 2. The first-order valence-electron chi connectivity index (χ1n) is 6.06. The maximum Gasteiger partial charge on any atom is 0.228 e. The summed E-state index contributed by atoms with van der Waals surface area (Å²) in [5, 5.41) is 3.24. The van der Waals surface area contributed by atoms with Crippen molar-refractivity contribution in [2.24, 2.45) is 0 Å². The Kier molecular flexibility index (Phi) is 4.48. The highest BCUT2D eigenvalue weighted by atomic mass is 35.5. The van der Waals surface area contributed by atoms with E-state index >= 15 is 0 Å². The van der Waals surface area contributed by atoms with Gasteiger partial charge in [-0.3, -0.25) is 4.79 Å². The van der Waals surface area contributed by atoms with E-state index in [1.807, 2.05) is 12.1 Å². The Labute approximate surface area is 122 Å². The molecule has 0 fully saturated rings. The topological polar surface area (TPSA) is 64.3 Å². The average Bonchev–Trinajstić information content (AvgIpc) is 2.41. The number of rotatable bonds is 4. The van der Waals surface area contributed by atoms with E-state index < -0.39 is 0 Å². The molecule has 0 heterocycles. The Bertz CT molecular complexity index is 612. The molecular formula is C15H15ClN2O2. The normalized spacial score (nSPS) is 10.1. The molecule has 3 N–H and O–H groups in total. The zero-order valence-corrected chi connectivity index (χ0v) is 11.8. The van der Waals surface area contributed by atoms with Crippen molar-refractivity contribution in [3.63, 3.8) is 0 Å². The Morgan fingerprint density at radius 1 is 1.25 bits per heavy atom. The third-order valence-corrected chi connectivity index (χ3v) is 3.08. The zero-order chi connectivity index (χ0) is 14.5. The first-order valence-corrected chi connectivity index (χ1v) is 6.44. The minimum Gasteiger partial charge on any atom is -0.495 e. The van der Waals surface area contributed by atoms with Crippen LogP contribution < -0.4 is 15.8 Å². The summed E-state index contributed by atoms with van der Waals surface area (Å²) in [5.74, 6) is 0.458. The molecule has 0 aromatic heterocycles. The van der Waals surface area contributed by atoms with E-state index in [1.54, 1.807) is 37.4 Å². The molecular weight excluding hydrogens is 276 g/mol. The molecule has 2 aromatic rings. The molecule has 20 heavy (non-hydrogen) atoms. The predicted octanol–water partition coefficient (Wildman–Crippen LogP) is 3.11. The number of carbonyl (C=O) groups is 1. The molecule has 2 aromatic carbocycles. The number of hydrogen-bond acceptors (Lipinski definition) is 3. The smallest absolute Gasteiger partial charge is 0.228 e. The van der Waals surface area contributed by atoms with E-state index in [-0.39, 0.29) is 12.3 Å². The highest BCUT2D eigenvalue weighted by molar-refractivity contribution is 6.32. The number of halogens is 1. The molecule has 2 rings (SSSR count). The van der Waals surface area contributed by atoms with Gasteiger partial charge < -0.3 is 15.8 Å². The van der Waals surface area contributed by atoms with E-state index in [9.17, 15) is 4.79 Å². The highest BCUT2D eigenvalue weighted by Gasteiger charge is 2.06. The van der Waals surface area contributed by atoms with Crippen LogP contribution in [0.2, 0.25) is 5.02 Å². The molecule has 0 aliphatic rings. The Balaban J connectivity index is 2.01. The Hall–Kier alpha value is -2.20. The number of amides is 1. The van der Waals surface area contributed by atoms with Crippen molar-refractivity contribution in [1.82, 2.24) is 0 Å². The van der Waals surface area contributed by atoms with Crippen LogP contribution in [0.3, 0.4) is 0 Å². The lowest BCUT2D eigenvalue weighted by Gasteiger charge is -2.08. The van der Waals surface area contributed by atoms with Crippen LogP contribution in [0.1, 0.15) is 5.56 Å². The van der Waals surface area contributed by atoms with Crippen LogP contribution in [0.15, 0.2) is 42.5 Å². The first kappa shape index (κ1) is 14.2. The molecule has 104 valence electrons. The average molecular weight is 291 g/mol. The fourth-order valence-corrected chi connectivity index (χ4v) is 2.03. The van der Waals surface area contributed by atoms with Crippen molar-refractivity contribution in [3.05, 3.63) is 53.1 Å². The molecule has 0 unspecified atom stereocenters. The van der Waals surface area contributed by atoms with E-state index in [0.29, 0.717) is 22.1 Å². The van der Waals surface area contributed by atoms with Gasteiger partial charge in [-0.15, -0.1) is 0 Å². The first-order chi connectivity index (χ1) is 9.58. The van der Waals surface area contributed by atoms with Gasteiger partial charge in [0.2, 0.25) is 5.91 Å². The molecule has 0 aliphatic carbocycles. The summed E-state index contributed by atoms with van der Waals surface area (Å²) in [7, 11) is 1.54. The van der Waals surface area contributed by atoms with E-state index in [2.05, 4.69) is 5.32 Å². The second-order valence-electron chi connectivity index (χ2n) is 4.32. The largest absolute Gasteiger partial charge is 0.495 e. The quantitative estimate of drug-likeness (QED) is 0.850. The molecule has 0 spiro atoms. The summed E-state index contributed by atoms with van der Waals surface area (Å²) in [6, 6.07) is 12.3. The van der Waals surface area contributed by atoms with Crippen LogP contribution in [0.4, 0.5) is 11.4 Å². The molecule has 4 nitrogen and oxygen atoms in total. The minimum absolute atomic E-state index is 0.115. The van der Waals surface area contributed by atoms with Crippen LogP contribution in [0.5, 0.6) is 5.75 Å². The van der Waals surface area contributed by atoms with Crippen molar-refractivity contribution in [2.45, 2.75) is 6.42 Å². The summed E-state index contributed by atoms with van der Waals surface area (Å²) in [5.41, 5.74) is 7.81. The lowest BCUT2D eigenvalue weighted by atomic mass is 10.1. The monoisotopic (exact) mass is 290 g/mol. The standard InChI is InChI=1S/C15H15ClN2O2/c1-20-14-7-6-12(9-13(14)16)18-15(19)8-10-2-4-11(17)5-3-10/h2-7,9H,8,17H2,1H3,(H,18,19). The lowest BCUT2D eigenvalue weighted by molar-refractivity contribution is -0.115. The lowest BCUT2D eigenvalue weighted by Crippen LogP contribution is -2.14. The molecule has 0 radical (unpaired) electrons. The van der Waals surface area contributed by atoms with E-state index in [4.69, 9.17) is 22.1 Å². The number of methoxy groups -OCH3 is 1. The van der Waals surface area contributed by atoms with Crippen LogP contribution in [0.25, 0.3) is 0 Å². The van der Waals surface area contributed by atoms with Crippen LogP contribution in [-0.4, -0.2) is 13.0 Å². The van der Waals surface area contributed by atoms with Gasteiger partial charge in [0, 0.05) is 11.4 Å². The van der Waals surface area contributed by atoms with Crippen molar-refractivity contribution in [1.29, 1.82) is 0 Å². The number of ether oxygens (including phenoxy) is 1. The fourth-order valence-electron chi connectivity index (χ4n) is 1.77. The fraction of sp³-hybridized carbons (Fsp3) is 0.133. The van der Waals surface area contributed by atoms with Crippen LogP contribution >= 0.6 is 11.6 Å². The number of benzene rings is 2. The summed E-state index contributed by atoms with van der Waals surface area (Å²) in [6.45, 7) is 0. The van der Waals surface area contributed by atoms with Crippen molar-refractivity contribution in [2.75, 3.05) is 18.2 Å². The van der Waals surface area contributed by atoms with Crippen LogP contribution in [-0.2, 0) is 11.2 Å². The summed E-state index contributed by atoms with van der Waals surface area (Å²) in [6.07, 6.45) is 0.282. The molecule has 5 heteroatoms. The summed E-state index contributed by atoms with van der Waals surface area (Å²) < 4.78 is 5.06. The van der Waals surface area contributed by atoms with Gasteiger partial charge in [0.05, 0.1) is 18.6 Å². The predicted molar refractivity (Wildman–Crippen MR) is 81.2 cm³/mol. The Morgan fingerprint density at radius 2 is 1.95 bits per heavy atom. The third kappa shape index (κ3) is 3.65. The molecule has 0 bridgehead atoms. The van der Waals surface area contributed by atoms with Gasteiger partial charge in [0.1, 0.15) is 5.75 Å². The number of nitrogen functional groups attached to an aromatic ring is 1. The molecule has 1 amide bonds. The van der Waals surface area contributed by atoms with Gasteiger partial charge >= 0.3 is 0 Å². The van der Waals surface area contributed by atoms with Gasteiger partial charge in [-0.1, -0.05) is 23.7 Å². The van der Waals surface area contributed by atoms with Gasteiger partial charge in [-0.05, 0) is 35.9 Å². The van der Waals surface area contributed by atoms with Gasteiger partial charge in [-0.25, -0.2) is 0 Å².